The van der Waals surface area contributed by atoms with E-state index in [2.05, 4.69) is 5.32 Å². The predicted octanol–water partition coefficient (Wildman–Crippen LogP) is 1.04. The van der Waals surface area contributed by atoms with Gasteiger partial charge in [-0.3, -0.25) is 9.00 Å². The van der Waals surface area contributed by atoms with Crippen LogP contribution in [-0.4, -0.2) is 22.4 Å². The lowest BCUT2D eigenvalue weighted by Crippen LogP contribution is -2.29. The van der Waals surface area contributed by atoms with Crippen LogP contribution in [0.25, 0.3) is 0 Å². The second kappa shape index (κ2) is 6.34. The highest BCUT2D eigenvalue weighted by Crippen LogP contribution is 2.15. The van der Waals surface area contributed by atoms with Crippen molar-refractivity contribution in [3.05, 3.63) is 24.0 Å². The van der Waals surface area contributed by atoms with Crippen molar-refractivity contribution in [3.63, 3.8) is 0 Å². The number of hydrogen-bond acceptors (Lipinski definition) is 3. The molecule has 0 radical (unpaired) electrons. The minimum Gasteiger partial charge on any atom is -0.399 e. The van der Waals surface area contributed by atoms with E-state index in [-0.39, 0.29) is 22.2 Å². The fourth-order valence-corrected chi connectivity index (χ4v) is 2.21. The molecule has 94 valence electrons. The molecule has 6 heteroatoms. The van der Waals surface area contributed by atoms with Crippen LogP contribution in [0.5, 0.6) is 0 Å². The summed E-state index contributed by atoms with van der Waals surface area (Å²) in [6, 6.07) is 3.89. The number of rotatable bonds is 5. The van der Waals surface area contributed by atoms with E-state index in [4.69, 9.17) is 5.73 Å². The highest BCUT2D eigenvalue weighted by atomic mass is 32.2. The van der Waals surface area contributed by atoms with Gasteiger partial charge in [0.05, 0.1) is 15.7 Å². The van der Waals surface area contributed by atoms with Gasteiger partial charge in [0.1, 0.15) is 11.6 Å². The molecule has 1 unspecified atom stereocenters. The van der Waals surface area contributed by atoms with Gasteiger partial charge in [0.15, 0.2) is 0 Å². The summed E-state index contributed by atoms with van der Waals surface area (Å²) < 4.78 is 25.1. The van der Waals surface area contributed by atoms with Crippen molar-refractivity contribution in [3.8, 4) is 0 Å². The third-order valence-electron chi connectivity index (χ3n) is 2.04. The van der Waals surface area contributed by atoms with Gasteiger partial charge in [0.25, 0.3) is 0 Å². The molecule has 1 amide bonds. The molecule has 1 rings (SSSR count). The molecule has 0 fully saturated rings. The average Bonchev–Trinajstić information content (AvgIpc) is 2.26. The van der Waals surface area contributed by atoms with Crippen molar-refractivity contribution in [2.24, 2.45) is 0 Å². The second-order valence-corrected chi connectivity index (χ2v) is 4.95. The van der Waals surface area contributed by atoms with Gasteiger partial charge >= 0.3 is 0 Å². The van der Waals surface area contributed by atoms with E-state index >= 15 is 0 Å². The van der Waals surface area contributed by atoms with Crippen molar-refractivity contribution in [2.45, 2.75) is 18.2 Å². The van der Waals surface area contributed by atoms with E-state index in [1.165, 1.54) is 12.1 Å². The molecular weight excluding hydrogens is 243 g/mol. The summed E-state index contributed by atoms with van der Waals surface area (Å²) in [5.74, 6) is -1.23. The normalized spacial score (nSPS) is 12.1. The maximum Gasteiger partial charge on any atom is 0.233 e. The van der Waals surface area contributed by atoms with Gasteiger partial charge in [-0.15, -0.1) is 0 Å². The van der Waals surface area contributed by atoms with Gasteiger partial charge in [-0.2, -0.15) is 0 Å². The molecule has 1 aromatic carbocycles. The third kappa shape index (κ3) is 4.14. The summed E-state index contributed by atoms with van der Waals surface area (Å²) in [5, 5.41) is 2.58. The lowest BCUT2D eigenvalue weighted by atomic mass is 10.3. The summed E-state index contributed by atoms with van der Waals surface area (Å²) in [4.78, 5) is 11.3. The van der Waals surface area contributed by atoms with Gasteiger partial charge in [0.2, 0.25) is 5.91 Å². The van der Waals surface area contributed by atoms with E-state index in [0.29, 0.717) is 6.54 Å². The first-order valence-electron chi connectivity index (χ1n) is 5.24. The molecule has 0 heterocycles. The number of benzene rings is 1. The number of nitrogens with one attached hydrogen (secondary N) is 1. The Bertz CT molecular complexity index is 437. The second-order valence-electron chi connectivity index (χ2n) is 3.53. The Morgan fingerprint density at radius 3 is 2.82 bits per heavy atom. The number of carbonyl (C=O) groups is 1. The number of nitrogen functional groups attached to an aromatic ring is 1. The SMILES string of the molecule is CCCNC(=O)CS(=O)c1ccc(N)cc1F. The van der Waals surface area contributed by atoms with Crippen LogP contribution >= 0.6 is 0 Å². The van der Waals surface area contributed by atoms with Crippen LogP contribution in [-0.2, 0) is 15.6 Å². The van der Waals surface area contributed by atoms with Gasteiger partial charge in [-0.05, 0) is 24.6 Å². The lowest BCUT2D eigenvalue weighted by Gasteiger charge is -2.05. The number of halogens is 1. The number of nitrogens with two attached hydrogens (primary N) is 1. The van der Waals surface area contributed by atoms with E-state index < -0.39 is 16.6 Å². The van der Waals surface area contributed by atoms with Crippen molar-refractivity contribution in [1.29, 1.82) is 0 Å². The van der Waals surface area contributed by atoms with Crippen molar-refractivity contribution in [1.82, 2.24) is 5.32 Å². The van der Waals surface area contributed by atoms with Crippen molar-refractivity contribution in [2.75, 3.05) is 18.0 Å². The Morgan fingerprint density at radius 2 is 2.24 bits per heavy atom. The van der Waals surface area contributed by atoms with Gasteiger partial charge in [-0.25, -0.2) is 4.39 Å². The summed E-state index contributed by atoms with van der Waals surface area (Å²) >= 11 is 0. The van der Waals surface area contributed by atoms with Gasteiger partial charge < -0.3 is 11.1 Å². The maximum atomic E-state index is 13.4. The Hall–Kier alpha value is -1.43. The molecule has 3 N–H and O–H groups in total. The zero-order chi connectivity index (χ0) is 12.8. The topological polar surface area (TPSA) is 72.2 Å². The highest BCUT2D eigenvalue weighted by Gasteiger charge is 2.13. The molecule has 0 aliphatic heterocycles. The van der Waals surface area contributed by atoms with Crippen LogP contribution in [0.1, 0.15) is 13.3 Å². The monoisotopic (exact) mass is 258 g/mol. The standard InChI is InChI=1S/C11H15FN2O2S/c1-2-5-14-11(15)7-17(16)10-4-3-8(13)6-9(10)12/h3-4,6H,2,5,7,13H2,1H3,(H,14,15). The fraction of sp³-hybridized carbons (Fsp3) is 0.364. The number of carbonyl (C=O) groups excluding carboxylic acids is 1. The summed E-state index contributed by atoms with van der Waals surface area (Å²) in [6.45, 7) is 2.44. The lowest BCUT2D eigenvalue weighted by molar-refractivity contribution is -0.118. The van der Waals surface area contributed by atoms with Crippen LogP contribution in [0, 0.1) is 5.82 Å². The first kappa shape index (κ1) is 13.6. The van der Waals surface area contributed by atoms with E-state index in [0.717, 1.165) is 12.5 Å². The summed E-state index contributed by atoms with van der Waals surface area (Å²) in [5.41, 5.74) is 5.64. The molecule has 4 nitrogen and oxygen atoms in total. The van der Waals surface area contributed by atoms with Gasteiger partial charge in [-0.1, -0.05) is 6.92 Å². The fourth-order valence-electron chi connectivity index (χ4n) is 1.21. The third-order valence-corrected chi connectivity index (χ3v) is 3.38. The molecule has 0 bridgehead atoms. The maximum absolute atomic E-state index is 13.4. The molecule has 0 aliphatic carbocycles. The van der Waals surface area contributed by atoms with Crippen molar-refractivity contribution < 1.29 is 13.4 Å². The first-order valence-corrected chi connectivity index (χ1v) is 6.56. The molecule has 17 heavy (non-hydrogen) atoms. The minimum absolute atomic E-state index is 0.00542. The van der Waals surface area contributed by atoms with Crippen LogP contribution in [0.4, 0.5) is 10.1 Å². The smallest absolute Gasteiger partial charge is 0.233 e. The molecule has 0 saturated heterocycles. The number of anilines is 1. The Morgan fingerprint density at radius 1 is 1.53 bits per heavy atom. The van der Waals surface area contributed by atoms with Crippen LogP contribution in [0.2, 0.25) is 0 Å². The quantitative estimate of drug-likeness (QED) is 0.775. The zero-order valence-corrected chi connectivity index (χ0v) is 10.3. The van der Waals surface area contributed by atoms with E-state index in [9.17, 15) is 13.4 Å². The highest BCUT2D eigenvalue weighted by molar-refractivity contribution is 7.85. The van der Waals surface area contributed by atoms with Gasteiger partial charge in [0, 0.05) is 12.2 Å². The van der Waals surface area contributed by atoms with E-state index in [1.54, 1.807) is 0 Å². The molecule has 0 aliphatic rings. The zero-order valence-electron chi connectivity index (χ0n) is 9.53. The first-order chi connectivity index (χ1) is 8.04. The number of amides is 1. The van der Waals surface area contributed by atoms with E-state index in [1.807, 2.05) is 6.92 Å². The van der Waals surface area contributed by atoms with Crippen LogP contribution in [0.15, 0.2) is 23.1 Å². The molecule has 0 aromatic heterocycles. The average molecular weight is 258 g/mol. The minimum atomic E-state index is -1.68. The summed E-state index contributed by atoms with van der Waals surface area (Å²) in [7, 11) is -1.68. The largest absolute Gasteiger partial charge is 0.399 e. The Kier molecular flexibility index (Phi) is 5.09. The molecule has 0 saturated carbocycles. The Labute approximate surface area is 102 Å². The number of hydrogen-bond donors (Lipinski definition) is 2. The molecule has 0 spiro atoms. The molecule has 1 atom stereocenters. The van der Waals surface area contributed by atoms with Crippen LogP contribution < -0.4 is 11.1 Å². The molecular formula is C11H15FN2O2S. The summed E-state index contributed by atoms with van der Waals surface area (Å²) in [6.07, 6.45) is 0.800. The Balaban J connectivity index is 2.67. The molecule has 1 aromatic rings. The predicted molar refractivity (Wildman–Crippen MR) is 65.4 cm³/mol. The van der Waals surface area contributed by atoms with Crippen LogP contribution in [0.3, 0.4) is 0 Å². The van der Waals surface area contributed by atoms with Crippen molar-refractivity contribution >= 4 is 22.4 Å².